The Hall–Kier alpha value is -5.32. The Bertz CT molecular complexity index is 1670. The number of carbonyl (C=O) groups excluding carboxylic acids is 4. The Labute approximate surface area is 259 Å². The molecule has 2 saturated heterocycles. The van der Waals surface area contributed by atoms with Gasteiger partial charge in [-0.15, -0.1) is 0 Å². The molecule has 0 aliphatic carbocycles. The molecule has 2 unspecified atom stereocenters. The maximum absolute atomic E-state index is 13.0. The van der Waals surface area contributed by atoms with Crippen LogP contribution in [0, 0.1) is 0 Å². The Morgan fingerprint density at radius 2 is 0.956 bits per heavy atom. The summed E-state index contributed by atoms with van der Waals surface area (Å²) in [7, 11) is 0. The third-order valence-corrected chi connectivity index (χ3v) is 7.99. The van der Waals surface area contributed by atoms with Crippen LogP contribution in [-0.4, -0.2) is 46.0 Å². The standard InChI is InChI=1S/C35H30N2O8/c1-35(2,23-15-9-17-25(36-29(40)19-27(38)33(36)42)31(23)44-21-11-5-3-6-12-21)24-16-10-18-26(37-30(41)20-28(39)34(37)43)32(24)45-22-13-7-4-8-14-22/h3-18,27-28,38-39H,19-20H2,1-2H3. The van der Waals surface area contributed by atoms with Crippen molar-refractivity contribution in [3.05, 3.63) is 108 Å². The molecule has 0 aromatic heterocycles. The maximum atomic E-state index is 13.0. The highest BCUT2D eigenvalue weighted by Gasteiger charge is 2.43. The van der Waals surface area contributed by atoms with Crippen molar-refractivity contribution in [2.75, 3.05) is 9.80 Å². The maximum Gasteiger partial charge on any atom is 0.263 e. The number of ether oxygens (including phenoxy) is 2. The normalized spacial score (nSPS) is 18.6. The van der Waals surface area contributed by atoms with E-state index < -0.39 is 41.3 Å². The molecule has 228 valence electrons. The predicted molar refractivity (Wildman–Crippen MR) is 164 cm³/mol. The van der Waals surface area contributed by atoms with Crippen molar-refractivity contribution in [2.45, 2.75) is 44.3 Å². The van der Waals surface area contributed by atoms with Gasteiger partial charge in [0.25, 0.3) is 11.8 Å². The van der Waals surface area contributed by atoms with Crippen molar-refractivity contribution in [3.63, 3.8) is 0 Å². The Kier molecular flexibility index (Phi) is 7.69. The van der Waals surface area contributed by atoms with Gasteiger partial charge >= 0.3 is 0 Å². The average molecular weight is 607 g/mol. The van der Waals surface area contributed by atoms with E-state index in [1.807, 2.05) is 26.0 Å². The Balaban J connectivity index is 1.57. The van der Waals surface area contributed by atoms with Crippen LogP contribution in [0.1, 0.15) is 37.8 Å². The third kappa shape index (κ3) is 5.34. The lowest BCUT2D eigenvalue weighted by atomic mass is 9.76. The topological polar surface area (TPSA) is 134 Å². The quantitative estimate of drug-likeness (QED) is 0.272. The SMILES string of the molecule is CC(C)(c1cccc(N2C(=O)CC(O)C2=O)c1Oc1ccccc1)c1cccc(N2C(=O)CC(O)C2=O)c1Oc1ccccc1. The second-order valence-corrected chi connectivity index (χ2v) is 11.3. The van der Waals surface area contributed by atoms with Crippen molar-refractivity contribution in [3.8, 4) is 23.0 Å². The first-order chi connectivity index (χ1) is 21.6. The Morgan fingerprint density at radius 1 is 0.578 bits per heavy atom. The van der Waals surface area contributed by atoms with E-state index in [4.69, 9.17) is 9.47 Å². The fraction of sp³-hybridized carbons (Fsp3) is 0.200. The predicted octanol–water partition coefficient (Wildman–Crippen LogP) is 4.85. The van der Waals surface area contributed by atoms with E-state index >= 15 is 0 Å². The number of aliphatic hydroxyl groups is 2. The van der Waals surface area contributed by atoms with Gasteiger partial charge in [-0.3, -0.25) is 19.2 Å². The van der Waals surface area contributed by atoms with Gasteiger partial charge in [-0.1, -0.05) is 74.5 Å². The molecule has 2 aliphatic rings. The molecule has 0 saturated carbocycles. The molecule has 0 radical (unpaired) electrons. The molecular formula is C35H30N2O8. The van der Waals surface area contributed by atoms with Gasteiger partial charge in [0, 0.05) is 16.5 Å². The minimum absolute atomic E-state index is 0.158. The van der Waals surface area contributed by atoms with Gasteiger partial charge in [-0.05, 0) is 36.4 Å². The van der Waals surface area contributed by atoms with E-state index in [2.05, 4.69) is 0 Å². The summed E-state index contributed by atoms with van der Waals surface area (Å²) in [5, 5.41) is 20.4. The van der Waals surface area contributed by atoms with Crippen LogP contribution < -0.4 is 19.3 Å². The highest BCUT2D eigenvalue weighted by atomic mass is 16.5. The van der Waals surface area contributed by atoms with Crippen molar-refractivity contribution in [1.82, 2.24) is 0 Å². The minimum atomic E-state index is -1.47. The van der Waals surface area contributed by atoms with Crippen molar-refractivity contribution >= 4 is 35.0 Å². The number of nitrogens with zero attached hydrogens (tertiary/aromatic N) is 2. The van der Waals surface area contributed by atoms with E-state index in [9.17, 15) is 29.4 Å². The first kappa shape index (κ1) is 29.7. The molecule has 2 fully saturated rings. The van der Waals surface area contributed by atoms with Gasteiger partial charge in [0.05, 0.1) is 24.2 Å². The van der Waals surface area contributed by atoms with Crippen LogP contribution in [0.15, 0.2) is 97.1 Å². The van der Waals surface area contributed by atoms with Gasteiger partial charge in [-0.25, -0.2) is 9.80 Å². The lowest BCUT2D eigenvalue weighted by Gasteiger charge is -2.33. The van der Waals surface area contributed by atoms with Crippen LogP contribution in [0.2, 0.25) is 0 Å². The fourth-order valence-corrected chi connectivity index (χ4v) is 5.70. The molecule has 0 spiro atoms. The zero-order valence-corrected chi connectivity index (χ0v) is 24.5. The van der Waals surface area contributed by atoms with Gasteiger partial charge in [0.1, 0.15) is 23.7 Å². The molecule has 2 N–H and O–H groups in total. The molecule has 0 bridgehead atoms. The van der Waals surface area contributed by atoms with E-state index in [1.54, 1.807) is 84.9 Å². The summed E-state index contributed by atoms with van der Waals surface area (Å²) in [5.41, 5.74) is 0.381. The van der Waals surface area contributed by atoms with Crippen LogP contribution in [-0.2, 0) is 24.6 Å². The smallest absolute Gasteiger partial charge is 0.263 e. The second kappa shape index (κ2) is 11.6. The van der Waals surface area contributed by atoms with Crippen molar-refractivity contribution in [2.24, 2.45) is 0 Å². The van der Waals surface area contributed by atoms with Crippen LogP contribution in [0.3, 0.4) is 0 Å². The van der Waals surface area contributed by atoms with Gasteiger partial charge < -0.3 is 19.7 Å². The highest BCUT2D eigenvalue weighted by Crippen LogP contribution is 2.50. The highest BCUT2D eigenvalue weighted by molar-refractivity contribution is 6.23. The fourth-order valence-electron chi connectivity index (χ4n) is 5.70. The van der Waals surface area contributed by atoms with E-state index in [1.165, 1.54) is 0 Å². The summed E-state index contributed by atoms with van der Waals surface area (Å²) in [6.45, 7) is 3.76. The zero-order chi connectivity index (χ0) is 31.9. The number of rotatable bonds is 8. The largest absolute Gasteiger partial charge is 0.455 e. The molecule has 45 heavy (non-hydrogen) atoms. The van der Waals surface area contributed by atoms with Crippen LogP contribution in [0.4, 0.5) is 11.4 Å². The number of anilines is 2. The molecular weight excluding hydrogens is 576 g/mol. The summed E-state index contributed by atoms with van der Waals surface area (Å²) in [6.07, 6.45) is -3.63. The number of amides is 4. The summed E-state index contributed by atoms with van der Waals surface area (Å²) in [5.74, 6) is -1.37. The van der Waals surface area contributed by atoms with E-state index in [0.29, 0.717) is 22.6 Å². The van der Waals surface area contributed by atoms with Gasteiger partial charge in [0.2, 0.25) is 11.8 Å². The first-order valence-corrected chi connectivity index (χ1v) is 14.4. The molecule has 4 aromatic rings. The summed E-state index contributed by atoms with van der Waals surface area (Å²) >= 11 is 0. The third-order valence-electron chi connectivity index (χ3n) is 7.99. The van der Waals surface area contributed by atoms with Crippen LogP contribution in [0.5, 0.6) is 23.0 Å². The lowest BCUT2D eigenvalue weighted by molar-refractivity contribution is -0.125. The van der Waals surface area contributed by atoms with Crippen molar-refractivity contribution in [1.29, 1.82) is 0 Å². The molecule has 4 amide bonds. The molecule has 10 heteroatoms. The molecule has 2 atom stereocenters. The number of hydrogen-bond acceptors (Lipinski definition) is 8. The Morgan fingerprint density at radius 3 is 1.29 bits per heavy atom. The molecule has 6 rings (SSSR count). The molecule has 10 nitrogen and oxygen atoms in total. The van der Waals surface area contributed by atoms with Crippen molar-refractivity contribution < 1.29 is 38.9 Å². The minimum Gasteiger partial charge on any atom is -0.455 e. The lowest BCUT2D eigenvalue weighted by Crippen LogP contribution is -2.33. The summed E-state index contributed by atoms with van der Waals surface area (Å²) in [4.78, 5) is 53.7. The average Bonchev–Trinajstić information content (AvgIpc) is 3.43. The molecule has 2 aliphatic heterocycles. The van der Waals surface area contributed by atoms with E-state index in [-0.39, 0.29) is 35.7 Å². The number of aliphatic hydroxyl groups excluding tert-OH is 2. The molecule has 2 heterocycles. The molecule has 4 aromatic carbocycles. The second-order valence-electron chi connectivity index (χ2n) is 11.3. The van der Waals surface area contributed by atoms with Gasteiger partial charge in [-0.2, -0.15) is 0 Å². The number of para-hydroxylation sites is 4. The summed E-state index contributed by atoms with van der Waals surface area (Å²) in [6, 6.07) is 27.8. The van der Waals surface area contributed by atoms with E-state index in [0.717, 1.165) is 9.80 Å². The summed E-state index contributed by atoms with van der Waals surface area (Å²) < 4.78 is 12.8. The number of hydrogen-bond donors (Lipinski definition) is 2. The number of carbonyl (C=O) groups is 4. The van der Waals surface area contributed by atoms with Crippen LogP contribution >= 0.6 is 0 Å². The zero-order valence-electron chi connectivity index (χ0n) is 24.5. The van der Waals surface area contributed by atoms with Crippen LogP contribution in [0.25, 0.3) is 0 Å². The monoisotopic (exact) mass is 606 g/mol. The van der Waals surface area contributed by atoms with Gasteiger partial charge in [0.15, 0.2) is 11.5 Å². The number of imide groups is 2. The first-order valence-electron chi connectivity index (χ1n) is 14.4. The number of benzene rings is 4.